The van der Waals surface area contributed by atoms with Gasteiger partial charge in [-0.1, -0.05) is 164 Å². The monoisotopic (exact) mass is 866 g/mol. The molecule has 0 aromatic rings. The van der Waals surface area contributed by atoms with Crippen LogP contribution in [0.5, 0.6) is 0 Å². The molecule has 0 rings (SSSR count). The number of carboxylic acid groups (broad SMARTS) is 1. The molecule has 60 heavy (non-hydrogen) atoms. The maximum Gasteiger partial charge on any atom is 0.472 e. The molecule has 0 aliphatic carbocycles. The van der Waals surface area contributed by atoms with Gasteiger partial charge in [-0.05, 0) is 77.0 Å². The number of carboxylic acids is 1. The highest BCUT2D eigenvalue weighted by Gasteiger charge is 2.28. The Morgan fingerprint density at radius 3 is 1.42 bits per heavy atom. The minimum atomic E-state index is -4.73. The summed E-state index contributed by atoms with van der Waals surface area (Å²) < 4.78 is 32.7. The van der Waals surface area contributed by atoms with Crippen LogP contribution in [0.25, 0.3) is 0 Å². The van der Waals surface area contributed by atoms with E-state index in [1.165, 1.54) is 83.5 Å². The van der Waals surface area contributed by atoms with E-state index in [-0.39, 0.29) is 19.4 Å². The van der Waals surface area contributed by atoms with E-state index in [0.29, 0.717) is 12.8 Å². The zero-order valence-corrected chi connectivity index (χ0v) is 38.4. The molecule has 346 valence electrons. The van der Waals surface area contributed by atoms with E-state index in [2.05, 4.69) is 79.1 Å². The second-order valence-electron chi connectivity index (χ2n) is 15.5. The van der Waals surface area contributed by atoms with E-state index in [0.717, 1.165) is 70.6 Å². The first-order chi connectivity index (χ1) is 29.1. The van der Waals surface area contributed by atoms with E-state index in [1.807, 2.05) is 0 Å². The molecule has 12 heteroatoms. The lowest BCUT2D eigenvalue weighted by Crippen LogP contribution is -2.34. The standard InChI is InChI=1S/C48H84NO10P/c1-3-5-7-9-11-13-15-17-19-21-22-24-25-27-29-31-33-35-37-39-46(50)56-41-44(42-57-60(54,55)58-43-45(49)48(52)53)59-47(51)40-38-36-34-32-30-28-26-23-20-18-16-14-12-10-8-6-4-2/h6,8,12,14,17-20,26,28,44-45H,3-5,7,9-11,13,15-16,21-25,27,29-43,49H2,1-2H3,(H,52,53)(H,54,55)/b8-6-,14-12-,19-17-,20-18-,28-26-. The SMILES string of the molecule is CC/C=C\C/C=C\C/C=C\C/C=C\CCCCCCC(=O)OC(COC(=O)CCCCCCCCCCC/C=C\CCCCCCCC)COP(=O)(O)OCC(N)C(=O)O. The second kappa shape index (κ2) is 42.9. The first-order valence-electron chi connectivity index (χ1n) is 23.3. The molecule has 4 N–H and O–H groups in total. The lowest BCUT2D eigenvalue weighted by Gasteiger charge is -2.20. The van der Waals surface area contributed by atoms with E-state index < -0.39 is 51.1 Å². The lowest BCUT2D eigenvalue weighted by atomic mass is 10.1. The summed E-state index contributed by atoms with van der Waals surface area (Å²) in [4.78, 5) is 46.1. The molecule has 0 amide bonds. The molecule has 0 fully saturated rings. The molecule has 3 atom stereocenters. The van der Waals surface area contributed by atoms with Gasteiger partial charge >= 0.3 is 25.7 Å². The fourth-order valence-electron chi connectivity index (χ4n) is 6.11. The molecule has 0 aromatic heterocycles. The molecule has 0 radical (unpaired) electrons. The van der Waals surface area contributed by atoms with Crippen molar-refractivity contribution in [3.63, 3.8) is 0 Å². The van der Waals surface area contributed by atoms with Crippen molar-refractivity contribution in [1.29, 1.82) is 0 Å². The predicted molar refractivity (Wildman–Crippen MR) is 245 cm³/mol. The third-order valence-electron chi connectivity index (χ3n) is 9.75. The van der Waals surface area contributed by atoms with Crippen LogP contribution in [0.4, 0.5) is 0 Å². The summed E-state index contributed by atoms with van der Waals surface area (Å²) in [7, 11) is -4.73. The highest BCUT2D eigenvalue weighted by Crippen LogP contribution is 2.43. The largest absolute Gasteiger partial charge is 0.480 e. The zero-order valence-electron chi connectivity index (χ0n) is 37.5. The van der Waals surface area contributed by atoms with Gasteiger partial charge in [-0.25, -0.2) is 4.57 Å². The van der Waals surface area contributed by atoms with E-state index in [4.69, 9.17) is 24.8 Å². The number of allylic oxidation sites excluding steroid dienone is 10. The molecular weight excluding hydrogens is 781 g/mol. The molecule has 0 heterocycles. The number of carbonyl (C=O) groups is 3. The molecule has 0 saturated heterocycles. The Morgan fingerprint density at radius 1 is 0.533 bits per heavy atom. The number of ether oxygens (including phenoxy) is 2. The molecule has 3 unspecified atom stereocenters. The zero-order chi connectivity index (χ0) is 44.2. The summed E-state index contributed by atoms with van der Waals surface area (Å²) in [6.45, 7) is 2.67. The van der Waals surface area contributed by atoms with Gasteiger partial charge in [0.15, 0.2) is 6.10 Å². The molecule has 0 bridgehead atoms. The number of phosphoric acid groups is 1. The van der Waals surface area contributed by atoms with Crippen LogP contribution >= 0.6 is 7.82 Å². The average molecular weight is 866 g/mol. The van der Waals surface area contributed by atoms with Crippen molar-refractivity contribution < 1.29 is 47.5 Å². The van der Waals surface area contributed by atoms with Gasteiger partial charge in [-0.3, -0.25) is 23.4 Å². The third-order valence-corrected chi connectivity index (χ3v) is 10.7. The summed E-state index contributed by atoms with van der Waals surface area (Å²) in [6, 6.07) is -1.53. The van der Waals surface area contributed by atoms with Crippen LogP contribution in [0, 0.1) is 0 Å². The van der Waals surface area contributed by atoms with Crippen molar-refractivity contribution in [2.24, 2.45) is 5.73 Å². The predicted octanol–water partition coefficient (Wildman–Crippen LogP) is 12.7. The van der Waals surface area contributed by atoms with Crippen LogP contribution in [-0.2, 0) is 37.5 Å². The van der Waals surface area contributed by atoms with Crippen LogP contribution in [0.15, 0.2) is 60.8 Å². The first-order valence-corrected chi connectivity index (χ1v) is 24.8. The summed E-state index contributed by atoms with van der Waals surface area (Å²) >= 11 is 0. The van der Waals surface area contributed by atoms with Crippen LogP contribution in [-0.4, -0.2) is 59.9 Å². The van der Waals surface area contributed by atoms with Gasteiger partial charge in [0.2, 0.25) is 0 Å². The quantitative estimate of drug-likeness (QED) is 0.0230. The molecule has 0 saturated carbocycles. The van der Waals surface area contributed by atoms with Gasteiger partial charge in [-0.15, -0.1) is 0 Å². The lowest BCUT2D eigenvalue weighted by molar-refractivity contribution is -0.161. The normalized spacial score (nSPS) is 14.2. The maximum atomic E-state index is 12.6. The number of hydrogen-bond donors (Lipinski definition) is 3. The highest BCUT2D eigenvalue weighted by molar-refractivity contribution is 7.47. The highest BCUT2D eigenvalue weighted by atomic mass is 31.2. The fraction of sp³-hybridized carbons (Fsp3) is 0.729. The van der Waals surface area contributed by atoms with Crippen molar-refractivity contribution in [2.75, 3.05) is 19.8 Å². The Hall–Kier alpha value is -2.82. The third kappa shape index (κ3) is 41.9. The summed E-state index contributed by atoms with van der Waals surface area (Å²) in [5.74, 6) is -2.41. The number of rotatable bonds is 43. The number of hydrogen-bond acceptors (Lipinski definition) is 9. The van der Waals surface area contributed by atoms with Crippen molar-refractivity contribution >= 4 is 25.7 Å². The number of esters is 2. The molecule has 11 nitrogen and oxygen atoms in total. The Bertz CT molecular complexity index is 1250. The molecule has 0 aliphatic rings. The minimum absolute atomic E-state index is 0.131. The Balaban J connectivity index is 4.35. The van der Waals surface area contributed by atoms with Crippen LogP contribution in [0.1, 0.15) is 194 Å². The van der Waals surface area contributed by atoms with E-state index in [9.17, 15) is 23.8 Å². The molecule has 0 spiro atoms. The second-order valence-corrected chi connectivity index (χ2v) is 17.0. The summed E-state index contributed by atoms with van der Waals surface area (Å²) in [5, 5.41) is 8.90. The van der Waals surface area contributed by atoms with Gasteiger partial charge in [0, 0.05) is 12.8 Å². The smallest absolute Gasteiger partial charge is 0.472 e. The molecular formula is C48H84NO10P. The van der Waals surface area contributed by atoms with Gasteiger partial charge in [-0.2, -0.15) is 0 Å². The van der Waals surface area contributed by atoms with Gasteiger partial charge < -0.3 is 25.2 Å². The van der Waals surface area contributed by atoms with E-state index in [1.54, 1.807) is 0 Å². The molecule has 0 aromatic carbocycles. The van der Waals surface area contributed by atoms with Crippen LogP contribution in [0.2, 0.25) is 0 Å². The maximum absolute atomic E-state index is 12.6. The summed E-state index contributed by atoms with van der Waals surface area (Å²) in [5.41, 5.74) is 5.34. The van der Waals surface area contributed by atoms with Crippen molar-refractivity contribution in [3.05, 3.63) is 60.8 Å². The van der Waals surface area contributed by atoms with Crippen molar-refractivity contribution in [1.82, 2.24) is 0 Å². The van der Waals surface area contributed by atoms with Crippen LogP contribution < -0.4 is 5.73 Å². The number of carbonyl (C=O) groups excluding carboxylic acids is 2. The van der Waals surface area contributed by atoms with Crippen LogP contribution in [0.3, 0.4) is 0 Å². The fourth-order valence-corrected chi connectivity index (χ4v) is 6.89. The summed E-state index contributed by atoms with van der Waals surface area (Å²) in [6.07, 6.45) is 49.9. The minimum Gasteiger partial charge on any atom is -0.480 e. The Morgan fingerprint density at radius 2 is 0.933 bits per heavy atom. The number of unbranched alkanes of at least 4 members (excludes halogenated alkanes) is 19. The molecule has 0 aliphatic heterocycles. The van der Waals surface area contributed by atoms with Crippen molar-refractivity contribution in [3.8, 4) is 0 Å². The topological polar surface area (TPSA) is 172 Å². The number of aliphatic carboxylic acids is 1. The number of phosphoric ester groups is 1. The number of nitrogens with two attached hydrogens (primary N) is 1. The van der Waals surface area contributed by atoms with Gasteiger partial charge in [0.1, 0.15) is 12.6 Å². The Labute approximate surface area is 364 Å². The van der Waals surface area contributed by atoms with Gasteiger partial charge in [0.05, 0.1) is 13.2 Å². The first kappa shape index (κ1) is 57.2. The average Bonchev–Trinajstić information content (AvgIpc) is 3.22. The van der Waals surface area contributed by atoms with E-state index >= 15 is 0 Å². The van der Waals surface area contributed by atoms with Gasteiger partial charge in [0.25, 0.3) is 0 Å². The van der Waals surface area contributed by atoms with Crippen molar-refractivity contribution in [2.45, 2.75) is 206 Å². The Kier molecular flexibility index (Phi) is 40.8.